The maximum Gasteiger partial charge on any atom is 0.338 e. The van der Waals surface area contributed by atoms with Crippen molar-refractivity contribution in [2.75, 3.05) is 12.4 Å². The molecule has 2 rings (SSSR count). The van der Waals surface area contributed by atoms with Gasteiger partial charge >= 0.3 is 5.97 Å². The highest BCUT2D eigenvalue weighted by molar-refractivity contribution is 9.10. The number of halogens is 1. The molecule has 2 aromatic rings. The van der Waals surface area contributed by atoms with Gasteiger partial charge in [0.15, 0.2) is 0 Å². The third-order valence-corrected chi connectivity index (χ3v) is 3.36. The highest BCUT2D eigenvalue weighted by Gasteiger charge is 2.22. The third kappa shape index (κ3) is 3.59. The summed E-state index contributed by atoms with van der Waals surface area (Å²) >= 11 is 3.28. The first kappa shape index (κ1) is 15.9. The number of nitrogens with one attached hydrogen (secondary N) is 1. The first-order chi connectivity index (χ1) is 10.5. The smallest absolute Gasteiger partial charge is 0.338 e. The van der Waals surface area contributed by atoms with Crippen LogP contribution in [0.3, 0.4) is 0 Å². The highest BCUT2D eigenvalue weighted by atomic mass is 79.9. The predicted molar refractivity (Wildman–Crippen MR) is 84.9 cm³/mol. The molecule has 0 aliphatic heterocycles. The Labute approximate surface area is 135 Å². The van der Waals surface area contributed by atoms with E-state index in [-0.39, 0.29) is 11.1 Å². The van der Waals surface area contributed by atoms with Crippen LogP contribution in [0.5, 0.6) is 0 Å². The summed E-state index contributed by atoms with van der Waals surface area (Å²) in [7, 11) is 1.21. The van der Waals surface area contributed by atoms with Gasteiger partial charge < -0.3 is 10.1 Å². The van der Waals surface area contributed by atoms with Crippen LogP contribution in [0.4, 0.5) is 5.69 Å². The van der Waals surface area contributed by atoms with Crippen molar-refractivity contribution in [3.05, 3.63) is 64.1 Å². The van der Waals surface area contributed by atoms with E-state index >= 15 is 0 Å². The Balaban J connectivity index is 2.25. The standard InChI is InChI=1S/C16H12BrNO4/c1-22-16(21)13-8-3-2-7-12(13)14(19)15(20)18-11-6-4-5-10(17)9-11/h2-9H,1H3,(H,18,20). The summed E-state index contributed by atoms with van der Waals surface area (Å²) in [6.45, 7) is 0. The maximum atomic E-state index is 12.2. The van der Waals surface area contributed by atoms with Crippen LogP contribution in [-0.2, 0) is 9.53 Å². The van der Waals surface area contributed by atoms with Gasteiger partial charge in [0, 0.05) is 15.7 Å². The van der Waals surface area contributed by atoms with Gasteiger partial charge in [-0.05, 0) is 30.3 Å². The van der Waals surface area contributed by atoms with Crippen LogP contribution in [0.2, 0.25) is 0 Å². The number of benzene rings is 2. The van der Waals surface area contributed by atoms with Crippen LogP contribution >= 0.6 is 15.9 Å². The van der Waals surface area contributed by atoms with E-state index in [0.29, 0.717) is 5.69 Å². The summed E-state index contributed by atoms with van der Waals surface area (Å²) in [5.41, 5.74) is 0.532. The topological polar surface area (TPSA) is 72.5 Å². The average molecular weight is 362 g/mol. The summed E-state index contributed by atoms with van der Waals surface area (Å²) in [5, 5.41) is 2.49. The number of hydrogen-bond acceptors (Lipinski definition) is 4. The summed E-state index contributed by atoms with van der Waals surface area (Å²) in [6, 6.07) is 12.9. The zero-order valence-corrected chi connectivity index (χ0v) is 13.2. The minimum Gasteiger partial charge on any atom is -0.465 e. The molecule has 0 aliphatic rings. The zero-order valence-electron chi connectivity index (χ0n) is 11.6. The van der Waals surface area contributed by atoms with Gasteiger partial charge in [-0.2, -0.15) is 0 Å². The molecule has 22 heavy (non-hydrogen) atoms. The van der Waals surface area contributed by atoms with Crippen molar-refractivity contribution >= 4 is 39.3 Å². The number of hydrogen-bond donors (Lipinski definition) is 1. The SMILES string of the molecule is COC(=O)c1ccccc1C(=O)C(=O)Nc1cccc(Br)c1. The largest absolute Gasteiger partial charge is 0.465 e. The second-order valence-corrected chi connectivity index (χ2v) is 5.25. The summed E-state index contributed by atoms with van der Waals surface area (Å²) in [5.74, 6) is -2.30. The molecule has 0 heterocycles. The quantitative estimate of drug-likeness (QED) is 0.516. The number of carbonyl (C=O) groups is 3. The number of ether oxygens (including phenoxy) is 1. The number of esters is 1. The molecule has 0 bridgehead atoms. The van der Waals surface area contributed by atoms with Gasteiger partial charge in [0.2, 0.25) is 0 Å². The summed E-state index contributed by atoms with van der Waals surface area (Å²) in [4.78, 5) is 36.0. The van der Waals surface area contributed by atoms with Crippen molar-refractivity contribution < 1.29 is 19.1 Å². The fourth-order valence-corrected chi connectivity index (χ4v) is 2.24. The lowest BCUT2D eigenvalue weighted by Gasteiger charge is -2.08. The highest BCUT2D eigenvalue weighted by Crippen LogP contribution is 2.17. The van der Waals surface area contributed by atoms with Gasteiger partial charge in [0.05, 0.1) is 12.7 Å². The van der Waals surface area contributed by atoms with Crippen LogP contribution in [-0.4, -0.2) is 24.8 Å². The van der Waals surface area contributed by atoms with Gasteiger partial charge in [-0.1, -0.05) is 34.1 Å². The molecule has 0 atom stereocenters. The fraction of sp³-hybridized carbons (Fsp3) is 0.0625. The maximum absolute atomic E-state index is 12.2. The summed E-state index contributed by atoms with van der Waals surface area (Å²) < 4.78 is 5.38. The molecule has 0 saturated carbocycles. The lowest BCUT2D eigenvalue weighted by atomic mass is 10.0. The first-order valence-electron chi connectivity index (χ1n) is 6.31. The Morgan fingerprint density at radius 3 is 2.32 bits per heavy atom. The Bertz CT molecular complexity index is 742. The van der Waals surface area contributed by atoms with Crippen molar-refractivity contribution in [2.45, 2.75) is 0 Å². The number of carbonyl (C=O) groups excluding carboxylic acids is 3. The Kier molecular flexibility index (Phi) is 5.06. The second kappa shape index (κ2) is 7.00. The van der Waals surface area contributed by atoms with Gasteiger partial charge in [-0.15, -0.1) is 0 Å². The summed E-state index contributed by atoms with van der Waals surface area (Å²) in [6.07, 6.45) is 0. The van der Waals surface area contributed by atoms with Gasteiger partial charge in [-0.3, -0.25) is 9.59 Å². The number of anilines is 1. The molecular formula is C16H12BrNO4. The van der Waals surface area contributed by atoms with E-state index < -0.39 is 17.7 Å². The molecule has 5 nitrogen and oxygen atoms in total. The van der Waals surface area contributed by atoms with Crippen molar-refractivity contribution in [1.29, 1.82) is 0 Å². The Morgan fingerprint density at radius 2 is 1.68 bits per heavy atom. The number of amides is 1. The van der Waals surface area contributed by atoms with Crippen LogP contribution < -0.4 is 5.32 Å². The van der Waals surface area contributed by atoms with Gasteiger partial charge in [-0.25, -0.2) is 4.79 Å². The Morgan fingerprint density at radius 1 is 1.00 bits per heavy atom. The van der Waals surface area contributed by atoms with E-state index in [4.69, 9.17) is 0 Å². The Hall–Kier alpha value is -2.47. The number of rotatable bonds is 4. The molecule has 0 fully saturated rings. The monoisotopic (exact) mass is 361 g/mol. The van der Waals surface area contributed by atoms with E-state index in [1.54, 1.807) is 36.4 Å². The predicted octanol–water partition coefficient (Wildman–Crippen LogP) is 3.06. The third-order valence-electron chi connectivity index (χ3n) is 2.87. The van der Waals surface area contributed by atoms with E-state index in [2.05, 4.69) is 26.0 Å². The number of Topliss-reactive ketones (excluding diaryl/α,β-unsaturated/α-hetero) is 1. The average Bonchev–Trinajstić information content (AvgIpc) is 2.53. The molecular weight excluding hydrogens is 350 g/mol. The van der Waals surface area contributed by atoms with E-state index in [9.17, 15) is 14.4 Å². The molecule has 112 valence electrons. The molecule has 0 radical (unpaired) electrons. The van der Waals surface area contributed by atoms with Crippen LogP contribution in [0.25, 0.3) is 0 Å². The lowest BCUT2D eigenvalue weighted by molar-refractivity contribution is -0.112. The van der Waals surface area contributed by atoms with E-state index in [1.807, 2.05) is 0 Å². The zero-order chi connectivity index (χ0) is 16.1. The minimum atomic E-state index is -0.825. The van der Waals surface area contributed by atoms with Crippen molar-refractivity contribution in [3.63, 3.8) is 0 Å². The van der Waals surface area contributed by atoms with Crippen molar-refractivity contribution in [2.24, 2.45) is 0 Å². The molecule has 1 N–H and O–H groups in total. The van der Waals surface area contributed by atoms with E-state index in [0.717, 1.165) is 4.47 Å². The minimum absolute atomic E-state index is 0.00171. The fourth-order valence-electron chi connectivity index (χ4n) is 1.85. The second-order valence-electron chi connectivity index (χ2n) is 4.33. The molecule has 1 amide bonds. The van der Waals surface area contributed by atoms with Crippen molar-refractivity contribution in [1.82, 2.24) is 0 Å². The normalized spacial score (nSPS) is 9.91. The molecule has 0 saturated heterocycles. The van der Waals surface area contributed by atoms with Crippen LogP contribution in [0, 0.1) is 0 Å². The molecule has 0 aromatic heterocycles. The number of methoxy groups -OCH3 is 1. The van der Waals surface area contributed by atoms with E-state index in [1.165, 1.54) is 19.2 Å². The molecule has 2 aromatic carbocycles. The molecule has 0 aliphatic carbocycles. The molecule has 6 heteroatoms. The number of ketones is 1. The van der Waals surface area contributed by atoms with Crippen molar-refractivity contribution in [3.8, 4) is 0 Å². The van der Waals surface area contributed by atoms with Gasteiger partial charge in [0.25, 0.3) is 11.7 Å². The lowest BCUT2D eigenvalue weighted by Crippen LogP contribution is -2.25. The van der Waals surface area contributed by atoms with Crippen LogP contribution in [0.15, 0.2) is 53.0 Å². The van der Waals surface area contributed by atoms with Gasteiger partial charge in [0.1, 0.15) is 0 Å². The molecule has 0 spiro atoms. The van der Waals surface area contributed by atoms with Crippen LogP contribution in [0.1, 0.15) is 20.7 Å². The molecule has 0 unspecified atom stereocenters. The first-order valence-corrected chi connectivity index (χ1v) is 7.11.